The van der Waals surface area contributed by atoms with Crippen LogP contribution >= 0.6 is 0 Å². The van der Waals surface area contributed by atoms with Crippen LogP contribution in [0.5, 0.6) is 0 Å². The summed E-state index contributed by atoms with van der Waals surface area (Å²) in [6.45, 7) is 8.35. The molecule has 0 amide bonds. The van der Waals surface area contributed by atoms with Gasteiger partial charge in [0.2, 0.25) is 0 Å². The lowest BCUT2D eigenvalue weighted by atomic mass is 10.3. The summed E-state index contributed by atoms with van der Waals surface area (Å²) >= 11 is 0. The van der Waals surface area contributed by atoms with Crippen LogP contribution in [0.15, 0.2) is 35.7 Å². The monoisotopic (exact) mass is 286 g/mol. The molecule has 0 aromatic carbocycles. The van der Waals surface area contributed by atoms with Gasteiger partial charge in [-0.3, -0.25) is 4.57 Å². The van der Waals surface area contributed by atoms with Gasteiger partial charge in [0.25, 0.3) is 0 Å². The maximum Gasteiger partial charge on any atom is 0.191 e. The Morgan fingerprint density at radius 1 is 1.29 bits per heavy atom. The molecule has 2 rings (SSSR count). The number of hydrogen-bond donors (Lipinski definition) is 1. The van der Waals surface area contributed by atoms with E-state index in [1.807, 2.05) is 40.9 Å². The molecule has 0 bridgehead atoms. The van der Waals surface area contributed by atoms with E-state index in [0.29, 0.717) is 12.5 Å². The lowest BCUT2D eigenvalue weighted by molar-refractivity contribution is 0.458. The Kier molecular flexibility index (Phi) is 4.92. The van der Waals surface area contributed by atoms with E-state index in [9.17, 15) is 0 Å². The van der Waals surface area contributed by atoms with E-state index in [1.165, 1.54) is 0 Å². The van der Waals surface area contributed by atoms with E-state index < -0.39 is 0 Å². The van der Waals surface area contributed by atoms with Gasteiger partial charge in [0.05, 0.1) is 6.54 Å². The predicted molar refractivity (Wildman–Crippen MR) is 84.3 cm³/mol. The van der Waals surface area contributed by atoms with E-state index in [2.05, 4.69) is 28.8 Å². The molecule has 0 unspecified atom stereocenters. The predicted octanol–water partition coefficient (Wildman–Crippen LogP) is 1.73. The van der Waals surface area contributed by atoms with Crippen LogP contribution < -0.4 is 5.73 Å². The van der Waals surface area contributed by atoms with Crippen molar-refractivity contribution in [1.82, 2.24) is 19.4 Å². The molecule has 2 N–H and O–H groups in total. The zero-order valence-corrected chi connectivity index (χ0v) is 12.8. The number of imidazole rings is 1. The number of hydrogen-bond acceptors (Lipinski definition) is 3. The Balaban J connectivity index is 2.06. The second-order valence-electron chi connectivity index (χ2n) is 4.72. The maximum atomic E-state index is 5.96. The lowest BCUT2D eigenvalue weighted by Gasteiger charge is -2.19. The molecular formula is C15H22N6. The van der Waals surface area contributed by atoms with Gasteiger partial charge in [0.15, 0.2) is 5.96 Å². The maximum absolute atomic E-state index is 5.96. The Labute approximate surface area is 125 Å². The molecule has 0 radical (unpaired) electrons. The average molecular weight is 286 g/mol. The van der Waals surface area contributed by atoms with Gasteiger partial charge in [-0.15, -0.1) is 0 Å². The number of pyridine rings is 1. The summed E-state index contributed by atoms with van der Waals surface area (Å²) in [5.41, 5.74) is 6.99. The summed E-state index contributed by atoms with van der Waals surface area (Å²) in [4.78, 5) is 15.1. The smallest absolute Gasteiger partial charge is 0.191 e. The molecule has 2 aromatic rings. The largest absolute Gasteiger partial charge is 0.370 e. The van der Waals surface area contributed by atoms with Crippen molar-refractivity contribution < 1.29 is 0 Å². The summed E-state index contributed by atoms with van der Waals surface area (Å²) in [5, 5.41) is 0. The van der Waals surface area contributed by atoms with Crippen LogP contribution in [0.3, 0.4) is 0 Å². The second-order valence-corrected chi connectivity index (χ2v) is 4.72. The van der Waals surface area contributed by atoms with Crippen molar-refractivity contribution in [3.05, 3.63) is 42.1 Å². The molecule has 21 heavy (non-hydrogen) atoms. The minimum Gasteiger partial charge on any atom is -0.370 e. The third kappa shape index (κ3) is 3.59. The molecule has 0 atom stereocenters. The normalized spacial score (nSPS) is 11.7. The van der Waals surface area contributed by atoms with Crippen LogP contribution in [0.25, 0.3) is 5.82 Å². The number of nitrogens with two attached hydrogens (primary N) is 1. The summed E-state index contributed by atoms with van der Waals surface area (Å²) in [5.74, 6) is 2.35. The number of guanidine groups is 1. The number of aromatic nitrogens is 3. The highest BCUT2D eigenvalue weighted by molar-refractivity contribution is 5.77. The zero-order chi connectivity index (χ0) is 15.2. The fraction of sp³-hybridized carbons (Fsp3) is 0.400. The van der Waals surface area contributed by atoms with E-state index in [-0.39, 0.29) is 0 Å². The molecule has 6 nitrogen and oxygen atoms in total. The fourth-order valence-corrected chi connectivity index (χ4v) is 2.09. The molecule has 112 valence electrons. The molecule has 0 fully saturated rings. The second kappa shape index (κ2) is 6.88. The van der Waals surface area contributed by atoms with E-state index in [1.54, 1.807) is 6.20 Å². The number of aryl methyl sites for hydroxylation is 1. The standard InChI is InChI=1S/C15H22N6/c1-4-20(5-2)15(16)19-11-13-6-7-14(18-10-13)21-9-8-17-12(21)3/h6-10H,4-5,11H2,1-3H3,(H2,16,19). The molecule has 0 aliphatic heterocycles. The molecule has 2 heterocycles. The topological polar surface area (TPSA) is 72.3 Å². The van der Waals surface area contributed by atoms with Crippen molar-refractivity contribution in [1.29, 1.82) is 0 Å². The van der Waals surface area contributed by atoms with Gasteiger partial charge < -0.3 is 10.6 Å². The zero-order valence-electron chi connectivity index (χ0n) is 12.8. The first-order valence-electron chi connectivity index (χ1n) is 7.15. The number of nitrogens with zero attached hydrogens (tertiary/aromatic N) is 5. The van der Waals surface area contributed by atoms with Crippen LogP contribution in [0.2, 0.25) is 0 Å². The van der Waals surface area contributed by atoms with Crippen LogP contribution in [-0.2, 0) is 6.54 Å². The summed E-state index contributed by atoms with van der Waals surface area (Å²) in [6.07, 6.45) is 5.49. The molecule has 0 saturated carbocycles. The average Bonchev–Trinajstić information content (AvgIpc) is 2.93. The van der Waals surface area contributed by atoms with E-state index in [0.717, 1.165) is 30.3 Å². The van der Waals surface area contributed by atoms with Gasteiger partial charge in [-0.1, -0.05) is 6.07 Å². The molecule has 2 aromatic heterocycles. The van der Waals surface area contributed by atoms with Crippen molar-refractivity contribution in [3.8, 4) is 5.82 Å². The van der Waals surface area contributed by atoms with E-state index in [4.69, 9.17) is 5.73 Å². The van der Waals surface area contributed by atoms with Gasteiger partial charge in [-0.2, -0.15) is 0 Å². The van der Waals surface area contributed by atoms with Crippen LogP contribution in [0, 0.1) is 6.92 Å². The molecule has 0 aliphatic carbocycles. The molecular weight excluding hydrogens is 264 g/mol. The van der Waals surface area contributed by atoms with Crippen molar-refractivity contribution in [2.24, 2.45) is 10.7 Å². The summed E-state index contributed by atoms with van der Waals surface area (Å²) in [7, 11) is 0. The first-order chi connectivity index (χ1) is 10.2. The summed E-state index contributed by atoms with van der Waals surface area (Å²) < 4.78 is 1.94. The Morgan fingerprint density at radius 2 is 2.05 bits per heavy atom. The van der Waals surface area contributed by atoms with Crippen molar-refractivity contribution in [2.45, 2.75) is 27.3 Å². The molecule has 0 aliphatic rings. The highest BCUT2D eigenvalue weighted by atomic mass is 15.2. The highest BCUT2D eigenvalue weighted by Gasteiger charge is 2.03. The number of aliphatic imine (C=N–C) groups is 1. The first kappa shape index (κ1) is 15.0. The Bertz CT molecular complexity index is 595. The summed E-state index contributed by atoms with van der Waals surface area (Å²) in [6, 6.07) is 3.98. The lowest BCUT2D eigenvalue weighted by Crippen LogP contribution is -2.37. The number of rotatable bonds is 5. The highest BCUT2D eigenvalue weighted by Crippen LogP contribution is 2.09. The van der Waals surface area contributed by atoms with Crippen LogP contribution in [0.1, 0.15) is 25.2 Å². The Morgan fingerprint density at radius 3 is 2.57 bits per heavy atom. The SMILES string of the molecule is CCN(CC)C(N)=NCc1ccc(-n2ccnc2C)nc1. The van der Waals surface area contributed by atoms with Gasteiger partial charge in [-0.05, 0) is 32.4 Å². The van der Waals surface area contributed by atoms with Crippen LogP contribution in [-0.4, -0.2) is 38.5 Å². The van der Waals surface area contributed by atoms with Crippen LogP contribution in [0.4, 0.5) is 0 Å². The quantitative estimate of drug-likeness (QED) is 0.671. The van der Waals surface area contributed by atoms with Gasteiger partial charge >= 0.3 is 0 Å². The first-order valence-corrected chi connectivity index (χ1v) is 7.15. The molecule has 0 saturated heterocycles. The van der Waals surface area contributed by atoms with Crippen molar-refractivity contribution >= 4 is 5.96 Å². The third-order valence-electron chi connectivity index (χ3n) is 3.39. The molecule has 6 heteroatoms. The third-order valence-corrected chi connectivity index (χ3v) is 3.39. The van der Waals surface area contributed by atoms with Gasteiger partial charge in [0.1, 0.15) is 11.6 Å². The van der Waals surface area contributed by atoms with Crippen molar-refractivity contribution in [2.75, 3.05) is 13.1 Å². The minimum absolute atomic E-state index is 0.540. The fourth-order valence-electron chi connectivity index (χ4n) is 2.09. The minimum atomic E-state index is 0.540. The van der Waals surface area contributed by atoms with Gasteiger partial charge in [0, 0.05) is 31.7 Å². The van der Waals surface area contributed by atoms with Crippen molar-refractivity contribution in [3.63, 3.8) is 0 Å². The molecule has 0 spiro atoms. The van der Waals surface area contributed by atoms with E-state index >= 15 is 0 Å². The Hall–Kier alpha value is -2.37. The van der Waals surface area contributed by atoms with Gasteiger partial charge in [-0.25, -0.2) is 15.0 Å².